The van der Waals surface area contributed by atoms with Gasteiger partial charge in [0.15, 0.2) is 0 Å². The molecule has 1 saturated heterocycles. The van der Waals surface area contributed by atoms with Crippen LogP contribution in [0.15, 0.2) is 29.2 Å². The van der Waals surface area contributed by atoms with Crippen molar-refractivity contribution < 1.29 is 14.6 Å². The zero-order chi connectivity index (χ0) is 14.6. The van der Waals surface area contributed by atoms with Gasteiger partial charge >= 0.3 is 0 Å². The molecule has 1 aromatic carbocycles. The number of hydrogen-bond donors (Lipinski definition) is 1. The van der Waals surface area contributed by atoms with E-state index in [4.69, 9.17) is 4.74 Å². The maximum Gasteiger partial charge on any atom is 0.253 e. The molecule has 0 bridgehead atoms. The van der Waals surface area contributed by atoms with Crippen LogP contribution in [-0.2, 0) is 4.74 Å². The Morgan fingerprint density at radius 3 is 2.50 bits per heavy atom. The van der Waals surface area contributed by atoms with Crippen molar-refractivity contribution in [1.29, 1.82) is 0 Å². The van der Waals surface area contributed by atoms with Crippen LogP contribution in [0.4, 0.5) is 0 Å². The first-order valence-electron chi connectivity index (χ1n) is 6.74. The van der Waals surface area contributed by atoms with Crippen molar-refractivity contribution in [3.05, 3.63) is 29.8 Å². The van der Waals surface area contributed by atoms with Gasteiger partial charge < -0.3 is 14.7 Å². The van der Waals surface area contributed by atoms with Crippen LogP contribution in [0.2, 0.25) is 0 Å². The molecule has 1 amide bonds. The summed E-state index contributed by atoms with van der Waals surface area (Å²) >= 11 is 1.65. The van der Waals surface area contributed by atoms with Crippen molar-refractivity contribution >= 4 is 17.7 Å². The largest absolute Gasteiger partial charge is 0.388 e. The lowest BCUT2D eigenvalue weighted by molar-refractivity contribution is -0.0734. The third-order valence-corrected chi connectivity index (χ3v) is 4.38. The molecule has 0 aromatic heterocycles. The van der Waals surface area contributed by atoms with E-state index in [0.717, 1.165) is 4.90 Å². The quantitative estimate of drug-likeness (QED) is 0.864. The normalized spacial score (nSPS) is 17.8. The summed E-state index contributed by atoms with van der Waals surface area (Å²) in [6, 6.07) is 7.54. The van der Waals surface area contributed by atoms with Gasteiger partial charge in [-0.15, -0.1) is 11.8 Å². The van der Waals surface area contributed by atoms with Gasteiger partial charge in [0.2, 0.25) is 0 Å². The van der Waals surface area contributed by atoms with Crippen LogP contribution >= 0.6 is 11.8 Å². The number of carbonyl (C=O) groups excluding carboxylic acids is 1. The number of carbonyl (C=O) groups is 1. The minimum atomic E-state index is -0.818. The van der Waals surface area contributed by atoms with Crippen LogP contribution in [0.3, 0.4) is 0 Å². The lowest BCUT2D eigenvalue weighted by Crippen LogP contribution is -2.47. The monoisotopic (exact) mass is 295 g/mol. The summed E-state index contributed by atoms with van der Waals surface area (Å²) < 4.78 is 5.25. The van der Waals surface area contributed by atoms with E-state index in [1.807, 2.05) is 30.5 Å². The van der Waals surface area contributed by atoms with Crippen LogP contribution in [0.25, 0.3) is 0 Å². The number of rotatable bonds is 4. The molecule has 1 aliphatic heterocycles. The summed E-state index contributed by atoms with van der Waals surface area (Å²) in [7, 11) is 1.73. The molecule has 0 atom stereocenters. The molecule has 1 N–H and O–H groups in total. The van der Waals surface area contributed by atoms with Gasteiger partial charge in [-0.3, -0.25) is 4.79 Å². The van der Waals surface area contributed by atoms with Gasteiger partial charge in [0.1, 0.15) is 0 Å². The van der Waals surface area contributed by atoms with Crippen LogP contribution in [0, 0.1) is 0 Å². The fourth-order valence-electron chi connectivity index (χ4n) is 2.38. The van der Waals surface area contributed by atoms with Crippen molar-refractivity contribution in [2.45, 2.75) is 23.3 Å². The van der Waals surface area contributed by atoms with Gasteiger partial charge in [0.25, 0.3) is 5.91 Å². The highest BCUT2D eigenvalue weighted by Crippen LogP contribution is 2.22. The first-order chi connectivity index (χ1) is 9.54. The molecular formula is C15H21NO3S. The third-order valence-electron chi connectivity index (χ3n) is 3.64. The minimum absolute atomic E-state index is 0.0578. The Bertz CT molecular complexity index is 455. The van der Waals surface area contributed by atoms with Crippen molar-refractivity contribution in [2.75, 3.05) is 33.1 Å². The highest BCUT2D eigenvalue weighted by Gasteiger charge is 2.32. The molecule has 0 saturated carbocycles. The van der Waals surface area contributed by atoms with E-state index in [1.54, 1.807) is 23.7 Å². The lowest BCUT2D eigenvalue weighted by Gasteiger charge is -2.35. The Morgan fingerprint density at radius 1 is 1.35 bits per heavy atom. The topological polar surface area (TPSA) is 49.8 Å². The zero-order valence-electron chi connectivity index (χ0n) is 12.0. The van der Waals surface area contributed by atoms with E-state index in [9.17, 15) is 9.90 Å². The Labute approximate surface area is 124 Å². The van der Waals surface area contributed by atoms with Crippen molar-refractivity contribution in [2.24, 2.45) is 0 Å². The number of thioether (sulfide) groups is 1. The maximum absolute atomic E-state index is 12.3. The summed E-state index contributed by atoms with van der Waals surface area (Å²) in [4.78, 5) is 15.1. The molecule has 1 aliphatic rings. The highest BCUT2D eigenvalue weighted by molar-refractivity contribution is 7.98. The molecule has 0 radical (unpaired) electrons. The van der Waals surface area contributed by atoms with Crippen molar-refractivity contribution in [3.8, 4) is 0 Å². The number of benzene rings is 1. The Morgan fingerprint density at radius 2 is 1.95 bits per heavy atom. The fourth-order valence-corrected chi connectivity index (χ4v) is 2.78. The number of ether oxygens (including phenoxy) is 1. The molecule has 2 rings (SSSR count). The second-order valence-electron chi connectivity index (χ2n) is 5.23. The smallest absolute Gasteiger partial charge is 0.253 e. The Kier molecular flexibility index (Phi) is 5.07. The summed E-state index contributed by atoms with van der Waals surface area (Å²) in [5.74, 6) is -0.0578. The van der Waals surface area contributed by atoms with Gasteiger partial charge in [0, 0.05) is 50.1 Å². The average Bonchev–Trinajstić information content (AvgIpc) is 2.47. The zero-order valence-corrected chi connectivity index (χ0v) is 12.8. The van der Waals surface area contributed by atoms with Gasteiger partial charge in [0.05, 0.1) is 5.60 Å². The Balaban J connectivity index is 2.00. The Hall–Kier alpha value is -1.04. The van der Waals surface area contributed by atoms with Crippen LogP contribution in [0.1, 0.15) is 23.2 Å². The molecule has 5 heteroatoms. The van der Waals surface area contributed by atoms with Crippen molar-refractivity contribution in [1.82, 2.24) is 4.90 Å². The standard InChI is InChI=1S/C15H21NO3S/c1-16(11-15(18)7-9-19-10-8-15)14(17)12-3-5-13(20-2)6-4-12/h3-6,18H,7-11H2,1-2H3. The van der Waals surface area contributed by atoms with E-state index < -0.39 is 5.60 Å². The number of likely N-dealkylation sites (N-methyl/N-ethyl adjacent to an activating group) is 1. The van der Waals surface area contributed by atoms with E-state index in [1.165, 1.54) is 0 Å². The number of aliphatic hydroxyl groups is 1. The minimum Gasteiger partial charge on any atom is -0.388 e. The molecule has 110 valence electrons. The summed E-state index contributed by atoms with van der Waals surface area (Å²) in [6.45, 7) is 1.46. The second-order valence-corrected chi connectivity index (χ2v) is 6.11. The SMILES string of the molecule is CSc1ccc(C(=O)N(C)CC2(O)CCOCC2)cc1. The van der Waals surface area contributed by atoms with E-state index in [-0.39, 0.29) is 5.91 Å². The lowest BCUT2D eigenvalue weighted by atomic mass is 9.94. The fraction of sp³-hybridized carbons (Fsp3) is 0.533. The number of amides is 1. The average molecular weight is 295 g/mol. The summed E-state index contributed by atoms with van der Waals surface area (Å²) in [6.07, 6.45) is 3.16. The number of hydrogen-bond acceptors (Lipinski definition) is 4. The van der Waals surface area contributed by atoms with E-state index >= 15 is 0 Å². The van der Waals surface area contributed by atoms with Gasteiger partial charge in [-0.25, -0.2) is 0 Å². The molecule has 20 heavy (non-hydrogen) atoms. The van der Waals surface area contributed by atoms with Gasteiger partial charge in [-0.2, -0.15) is 0 Å². The van der Waals surface area contributed by atoms with Crippen LogP contribution in [0.5, 0.6) is 0 Å². The molecule has 1 fully saturated rings. The summed E-state index contributed by atoms with van der Waals surface area (Å²) in [5.41, 5.74) is -0.164. The highest BCUT2D eigenvalue weighted by atomic mass is 32.2. The van der Waals surface area contributed by atoms with Gasteiger partial charge in [-0.05, 0) is 30.5 Å². The molecule has 4 nitrogen and oxygen atoms in total. The summed E-state index contributed by atoms with van der Waals surface area (Å²) in [5, 5.41) is 10.4. The molecular weight excluding hydrogens is 274 g/mol. The van der Waals surface area contributed by atoms with Crippen molar-refractivity contribution in [3.63, 3.8) is 0 Å². The van der Waals surface area contributed by atoms with Crippen LogP contribution in [-0.4, -0.2) is 54.6 Å². The first-order valence-corrected chi connectivity index (χ1v) is 7.96. The predicted octanol–water partition coefficient (Wildman–Crippen LogP) is 2.02. The number of nitrogens with zero attached hydrogens (tertiary/aromatic N) is 1. The molecule has 1 aromatic rings. The second kappa shape index (κ2) is 6.61. The molecule has 0 spiro atoms. The maximum atomic E-state index is 12.3. The molecule has 0 unspecified atom stereocenters. The van der Waals surface area contributed by atoms with Crippen LogP contribution < -0.4 is 0 Å². The van der Waals surface area contributed by atoms with Gasteiger partial charge in [-0.1, -0.05) is 0 Å². The van der Waals surface area contributed by atoms with E-state index in [2.05, 4.69) is 0 Å². The van der Waals surface area contributed by atoms with E-state index in [0.29, 0.717) is 38.2 Å². The first kappa shape index (κ1) is 15.4. The molecule has 1 heterocycles. The predicted molar refractivity (Wildman–Crippen MR) is 80.2 cm³/mol. The molecule has 0 aliphatic carbocycles. The third kappa shape index (κ3) is 3.75.